The third kappa shape index (κ3) is 7.89. The number of ketones is 1. The van der Waals surface area contributed by atoms with Gasteiger partial charge >= 0.3 is 0 Å². The van der Waals surface area contributed by atoms with Gasteiger partial charge in [0.1, 0.15) is 11.3 Å². The van der Waals surface area contributed by atoms with Crippen molar-refractivity contribution in [2.75, 3.05) is 13.6 Å². The molecule has 3 aromatic rings. The quantitative estimate of drug-likeness (QED) is 0.291. The maximum absolute atomic E-state index is 13.9. The Morgan fingerprint density at radius 3 is 2.21 bits per heavy atom. The maximum Gasteiger partial charge on any atom is 0.227 e. The standard InChI is InChI=1S/C21H21ClFNO2.C10H21NO/c1-11(2)19(25)18-10-17-20(26-18)13(21(3,4)5)9-16(24-17)12-6-7-14(22)15(23)8-12;1-6-7-8-11(5)9(12)10(2,3)4/h6-11H,1-5H3;6-8H2,1-5H3. The lowest BCUT2D eigenvalue weighted by Gasteiger charge is -2.25. The molecule has 0 saturated heterocycles. The van der Waals surface area contributed by atoms with Gasteiger partial charge in [0.25, 0.3) is 0 Å². The minimum absolute atomic E-state index is 0.0676. The van der Waals surface area contributed by atoms with Crippen LogP contribution in [0, 0.1) is 17.2 Å². The number of Topliss-reactive ketones (excluding diaryl/α,β-unsaturated/α-hetero) is 1. The first-order valence-electron chi connectivity index (χ1n) is 13.2. The number of rotatable bonds is 6. The Kier molecular flexibility index (Phi) is 10.3. The highest BCUT2D eigenvalue weighted by Gasteiger charge is 2.25. The summed E-state index contributed by atoms with van der Waals surface area (Å²) in [7, 11) is 1.88. The smallest absolute Gasteiger partial charge is 0.227 e. The molecule has 2 heterocycles. The fraction of sp³-hybridized carbons (Fsp3) is 0.516. The van der Waals surface area contributed by atoms with E-state index in [1.807, 2.05) is 52.6 Å². The van der Waals surface area contributed by atoms with Crippen molar-refractivity contribution in [3.63, 3.8) is 0 Å². The first-order valence-corrected chi connectivity index (χ1v) is 13.5. The van der Waals surface area contributed by atoms with Crippen molar-refractivity contribution in [2.24, 2.45) is 11.3 Å². The number of carbonyl (C=O) groups excluding carboxylic acids is 2. The van der Waals surface area contributed by atoms with E-state index in [0.717, 1.165) is 24.9 Å². The van der Waals surface area contributed by atoms with Crippen molar-refractivity contribution in [3.05, 3.63) is 52.5 Å². The van der Waals surface area contributed by atoms with Crippen molar-refractivity contribution < 1.29 is 18.4 Å². The highest BCUT2D eigenvalue weighted by molar-refractivity contribution is 6.30. The zero-order valence-corrected chi connectivity index (χ0v) is 25.2. The Hall–Kier alpha value is -2.73. The predicted octanol–water partition coefficient (Wildman–Crippen LogP) is 8.71. The average Bonchev–Trinajstić information content (AvgIpc) is 3.25. The van der Waals surface area contributed by atoms with Crippen molar-refractivity contribution in [2.45, 2.75) is 80.6 Å². The van der Waals surface area contributed by atoms with Gasteiger partial charge in [-0.3, -0.25) is 9.59 Å². The molecule has 0 N–H and O–H groups in total. The lowest BCUT2D eigenvalue weighted by atomic mass is 9.86. The third-order valence-electron chi connectivity index (χ3n) is 6.11. The van der Waals surface area contributed by atoms with E-state index in [9.17, 15) is 14.0 Å². The summed E-state index contributed by atoms with van der Waals surface area (Å²) in [6.45, 7) is 18.7. The number of carbonyl (C=O) groups is 2. The molecule has 0 spiro atoms. The zero-order valence-electron chi connectivity index (χ0n) is 24.5. The Morgan fingerprint density at radius 2 is 1.71 bits per heavy atom. The van der Waals surface area contributed by atoms with E-state index in [-0.39, 0.29) is 33.5 Å². The molecular formula is C31H42ClFN2O3. The number of amides is 1. The molecule has 0 aliphatic rings. The van der Waals surface area contributed by atoms with Crippen LogP contribution in [-0.4, -0.2) is 35.2 Å². The molecule has 0 atom stereocenters. The number of benzene rings is 1. The van der Waals surface area contributed by atoms with Gasteiger partial charge in [-0.05, 0) is 30.0 Å². The summed E-state index contributed by atoms with van der Waals surface area (Å²) in [4.78, 5) is 30.3. The van der Waals surface area contributed by atoms with E-state index in [0.29, 0.717) is 28.1 Å². The summed E-state index contributed by atoms with van der Waals surface area (Å²) in [5.41, 5.74) is 2.86. The molecule has 0 aliphatic heterocycles. The van der Waals surface area contributed by atoms with Crippen LogP contribution in [0.4, 0.5) is 4.39 Å². The normalized spacial score (nSPS) is 11.9. The van der Waals surface area contributed by atoms with Crippen LogP contribution in [0.1, 0.15) is 91.3 Å². The Morgan fingerprint density at radius 1 is 1.08 bits per heavy atom. The third-order valence-corrected chi connectivity index (χ3v) is 6.41. The van der Waals surface area contributed by atoms with Crippen LogP contribution in [0.25, 0.3) is 22.4 Å². The molecular weight excluding hydrogens is 503 g/mol. The SMILES string of the molecule is CC(C)C(=O)c1cc2nc(-c3ccc(Cl)c(F)c3)cc(C(C)(C)C)c2o1.CCCCN(C)C(=O)C(C)(C)C. The predicted molar refractivity (Wildman–Crippen MR) is 154 cm³/mol. The molecule has 0 unspecified atom stereocenters. The molecule has 208 valence electrons. The molecule has 3 rings (SSSR count). The van der Waals surface area contributed by atoms with Gasteiger partial charge in [0.05, 0.1) is 10.7 Å². The van der Waals surface area contributed by atoms with Gasteiger partial charge in [-0.1, -0.05) is 86.4 Å². The van der Waals surface area contributed by atoms with Gasteiger partial charge in [0.15, 0.2) is 11.3 Å². The second kappa shape index (κ2) is 12.4. The second-order valence-corrected chi connectivity index (χ2v) is 12.5. The molecule has 1 aromatic carbocycles. The van der Waals surface area contributed by atoms with Crippen molar-refractivity contribution >= 4 is 34.4 Å². The van der Waals surface area contributed by atoms with Crippen molar-refractivity contribution in [1.29, 1.82) is 0 Å². The highest BCUT2D eigenvalue weighted by Crippen LogP contribution is 2.35. The molecule has 2 aromatic heterocycles. The fourth-order valence-electron chi connectivity index (χ4n) is 3.86. The molecule has 0 aliphatic carbocycles. The summed E-state index contributed by atoms with van der Waals surface area (Å²) < 4.78 is 19.8. The minimum atomic E-state index is -0.494. The molecule has 0 saturated carbocycles. The van der Waals surface area contributed by atoms with E-state index in [1.54, 1.807) is 12.1 Å². The number of hydrogen-bond acceptors (Lipinski definition) is 4. The van der Waals surface area contributed by atoms with Gasteiger partial charge in [-0.15, -0.1) is 0 Å². The number of unbranched alkanes of at least 4 members (excludes halogenated alkanes) is 1. The summed E-state index contributed by atoms with van der Waals surface area (Å²) >= 11 is 5.79. The van der Waals surface area contributed by atoms with Crippen LogP contribution in [0.5, 0.6) is 0 Å². The van der Waals surface area contributed by atoms with E-state index < -0.39 is 5.82 Å². The number of pyridine rings is 1. The van der Waals surface area contributed by atoms with Gasteiger partial charge in [-0.25, -0.2) is 9.37 Å². The summed E-state index contributed by atoms with van der Waals surface area (Å²) in [6.07, 6.45) is 2.24. The lowest BCUT2D eigenvalue weighted by Crippen LogP contribution is -2.37. The topological polar surface area (TPSA) is 63.4 Å². The number of fused-ring (bicyclic) bond motifs is 1. The molecule has 0 fully saturated rings. The van der Waals surface area contributed by atoms with Gasteiger partial charge < -0.3 is 9.32 Å². The lowest BCUT2D eigenvalue weighted by molar-refractivity contribution is -0.138. The van der Waals surface area contributed by atoms with Gasteiger partial charge in [0.2, 0.25) is 11.7 Å². The number of nitrogens with zero attached hydrogens (tertiary/aromatic N) is 2. The van der Waals surface area contributed by atoms with Crippen LogP contribution >= 0.6 is 11.6 Å². The molecule has 7 heteroatoms. The minimum Gasteiger partial charge on any atom is -0.451 e. The van der Waals surface area contributed by atoms with E-state index in [1.165, 1.54) is 12.1 Å². The Labute approximate surface area is 231 Å². The Bertz CT molecular complexity index is 1280. The number of furan rings is 1. The van der Waals surface area contributed by atoms with Crippen molar-refractivity contribution in [3.8, 4) is 11.3 Å². The fourth-order valence-corrected chi connectivity index (χ4v) is 3.98. The second-order valence-electron chi connectivity index (χ2n) is 12.1. The molecule has 0 bridgehead atoms. The van der Waals surface area contributed by atoms with E-state index >= 15 is 0 Å². The summed E-state index contributed by atoms with van der Waals surface area (Å²) in [5.74, 6) is -0.199. The highest BCUT2D eigenvalue weighted by atomic mass is 35.5. The van der Waals surface area contributed by atoms with Gasteiger partial charge in [-0.2, -0.15) is 0 Å². The first kappa shape index (κ1) is 31.5. The number of hydrogen-bond donors (Lipinski definition) is 0. The van der Waals surface area contributed by atoms with Crippen molar-refractivity contribution in [1.82, 2.24) is 9.88 Å². The molecule has 1 amide bonds. The monoisotopic (exact) mass is 544 g/mol. The number of aromatic nitrogens is 1. The van der Waals surface area contributed by atoms with Crippen LogP contribution < -0.4 is 0 Å². The maximum atomic E-state index is 13.9. The van der Waals surface area contributed by atoms with Crippen LogP contribution in [0.15, 0.2) is 34.7 Å². The first-order chi connectivity index (χ1) is 17.5. The zero-order chi connectivity index (χ0) is 29.0. The largest absolute Gasteiger partial charge is 0.451 e. The molecule has 0 radical (unpaired) electrons. The molecule has 38 heavy (non-hydrogen) atoms. The Balaban J connectivity index is 0.000000358. The van der Waals surface area contributed by atoms with Crippen LogP contribution in [-0.2, 0) is 10.2 Å². The van der Waals surface area contributed by atoms with Crippen LogP contribution in [0.3, 0.4) is 0 Å². The van der Waals surface area contributed by atoms with Gasteiger partial charge in [0, 0.05) is 42.1 Å². The average molecular weight is 545 g/mol. The molecule has 5 nitrogen and oxygen atoms in total. The number of halogens is 2. The summed E-state index contributed by atoms with van der Waals surface area (Å²) in [6, 6.07) is 8.16. The van der Waals surface area contributed by atoms with E-state index in [2.05, 4.69) is 32.7 Å². The van der Waals surface area contributed by atoms with E-state index in [4.69, 9.17) is 16.0 Å². The van der Waals surface area contributed by atoms with Crippen LogP contribution in [0.2, 0.25) is 5.02 Å². The summed E-state index contributed by atoms with van der Waals surface area (Å²) in [5, 5.41) is 0.0685.